The molecule has 1 nitrogen and oxygen atoms in total. The molecule has 1 aliphatic rings. The SMILES string of the molecule is CC1=Cc2cccc[n+]2C(C)(C)C1(C)C. The Morgan fingerprint density at radius 2 is 1.73 bits per heavy atom. The molecule has 0 amide bonds. The maximum Gasteiger partial charge on any atom is 0.205 e. The van der Waals surface area contributed by atoms with Gasteiger partial charge in [0.15, 0.2) is 11.7 Å². The quantitative estimate of drug-likeness (QED) is 0.569. The average Bonchev–Trinajstić information content (AvgIpc) is 2.16. The van der Waals surface area contributed by atoms with E-state index in [-0.39, 0.29) is 11.0 Å². The second kappa shape index (κ2) is 2.94. The van der Waals surface area contributed by atoms with Crippen molar-refractivity contribution in [1.29, 1.82) is 0 Å². The van der Waals surface area contributed by atoms with Gasteiger partial charge in [-0.05, 0) is 26.8 Å². The molecular formula is C14H20N+. The van der Waals surface area contributed by atoms with Gasteiger partial charge in [-0.1, -0.05) is 5.57 Å². The van der Waals surface area contributed by atoms with Crippen molar-refractivity contribution in [3.8, 4) is 0 Å². The van der Waals surface area contributed by atoms with E-state index in [9.17, 15) is 0 Å². The predicted octanol–water partition coefficient (Wildman–Crippen LogP) is 3.15. The molecule has 1 aliphatic heterocycles. The van der Waals surface area contributed by atoms with E-state index in [0.29, 0.717) is 0 Å². The molecule has 0 saturated carbocycles. The van der Waals surface area contributed by atoms with Crippen molar-refractivity contribution in [1.82, 2.24) is 0 Å². The van der Waals surface area contributed by atoms with Crippen molar-refractivity contribution in [2.75, 3.05) is 0 Å². The molecule has 1 heteroatoms. The highest BCUT2D eigenvalue weighted by Gasteiger charge is 2.49. The Labute approximate surface area is 92.5 Å². The molecule has 0 aromatic carbocycles. The monoisotopic (exact) mass is 202 g/mol. The smallest absolute Gasteiger partial charge is 0.193 e. The minimum atomic E-state index is 0.127. The van der Waals surface area contributed by atoms with Gasteiger partial charge in [-0.15, -0.1) is 0 Å². The first-order valence-corrected chi connectivity index (χ1v) is 5.57. The fourth-order valence-corrected chi connectivity index (χ4v) is 2.27. The fourth-order valence-electron chi connectivity index (χ4n) is 2.27. The lowest BCUT2D eigenvalue weighted by atomic mass is 9.67. The zero-order valence-corrected chi connectivity index (χ0v) is 10.3. The van der Waals surface area contributed by atoms with Crippen molar-refractivity contribution in [3.05, 3.63) is 35.7 Å². The van der Waals surface area contributed by atoms with Crippen LogP contribution in [0.15, 0.2) is 30.0 Å². The number of rotatable bonds is 0. The first-order chi connectivity index (χ1) is 6.87. The van der Waals surface area contributed by atoms with Crippen molar-refractivity contribution in [2.24, 2.45) is 5.41 Å². The molecule has 1 aromatic heterocycles. The van der Waals surface area contributed by atoms with Crippen molar-refractivity contribution >= 4 is 6.08 Å². The minimum absolute atomic E-state index is 0.127. The predicted molar refractivity (Wildman–Crippen MR) is 63.4 cm³/mol. The van der Waals surface area contributed by atoms with Crippen LogP contribution in [0, 0.1) is 5.41 Å². The summed E-state index contributed by atoms with van der Waals surface area (Å²) in [5.41, 5.74) is 3.09. The van der Waals surface area contributed by atoms with E-state index in [4.69, 9.17) is 0 Å². The van der Waals surface area contributed by atoms with Gasteiger partial charge in [0.1, 0.15) is 0 Å². The Balaban J connectivity index is 2.73. The zero-order chi connectivity index (χ0) is 11.3. The number of nitrogens with zero attached hydrogens (tertiary/aromatic N) is 1. The molecule has 2 rings (SSSR count). The van der Waals surface area contributed by atoms with Gasteiger partial charge in [0.05, 0.1) is 5.41 Å². The lowest BCUT2D eigenvalue weighted by Gasteiger charge is -2.40. The van der Waals surface area contributed by atoms with Crippen LogP contribution in [0.25, 0.3) is 6.08 Å². The summed E-state index contributed by atoms with van der Waals surface area (Å²) in [6, 6.07) is 6.39. The van der Waals surface area contributed by atoms with Crippen LogP contribution in [0.4, 0.5) is 0 Å². The molecule has 0 bridgehead atoms. The first-order valence-electron chi connectivity index (χ1n) is 5.57. The Kier molecular flexibility index (Phi) is 2.04. The summed E-state index contributed by atoms with van der Waals surface area (Å²) < 4.78 is 2.38. The van der Waals surface area contributed by atoms with Gasteiger partial charge >= 0.3 is 0 Å². The van der Waals surface area contributed by atoms with Gasteiger partial charge in [-0.25, -0.2) is 0 Å². The van der Waals surface area contributed by atoms with Gasteiger partial charge in [-0.2, -0.15) is 4.57 Å². The Morgan fingerprint density at radius 1 is 1.07 bits per heavy atom. The van der Waals surface area contributed by atoms with Crippen LogP contribution in [0.2, 0.25) is 0 Å². The first kappa shape index (κ1) is 10.4. The van der Waals surface area contributed by atoms with Crippen LogP contribution in [-0.4, -0.2) is 0 Å². The fraction of sp³-hybridized carbons (Fsp3) is 0.500. The molecule has 0 aliphatic carbocycles. The number of fused-ring (bicyclic) bond motifs is 1. The standard InChI is InChI=1S/C14H20N/c1-11-10-12-8-6-7-9-15(12)14(4,5)13(11,2)3/h6-10H,1-5H3/q+1. The molecule has 0 saturated heterocycles. The van der Waals surface area contributed by atoms with Crippen LogP contribution in [0.3, 0.4) is 0 Å². The third-order valence-electron chi connectivity index (χ3n) is 4.37. The summed E-state index contributed by atoms with van der Waals surface area (Å²) in [4.78, 5) is 0. The Morgan fingerprint density at radius 3 is 2.40 bits per heavy atom. The third-order valence-corrected chi connectivity index (χ3v) is 4.37. The van der Waals surface area contributed by atoms with Crippen LogP contribution in [0.5, 0.6) is 0 Å². The molecule has 80 valence electrons. The van der Waals surface area contributed by atoms with Crippen LogP contribution in [0.1, 0.15) is 40.3 Å². The maximum absolute atomic E-state index is 2.38. The van der Waals surface area contributed by atoms with Gasteiger partial charge < -0.3 is 0 Å². The molecule has 0 radical (unpaired) electrons. The van der Waals surface area contributed by atoms with Crippen LogP contribution < -0.4 is 4.57 Å². The average molecular weight is 202 g/mol. The zero-order valence-electron chi connectivity index (χ0n) is 10.3. The minimum Gasteiger partial charge on any atom is -0.193 e. The molecule has 0 atom stereocenters. The molecular weight excluding hydrogens is 182 g/mol. The highest BCUT2D eigenvalue weighted by atomic mass is 15.1. The van der Waals surface area contributed by atoms with Crippen LogP contribution >= 0.6 is 0 Å². The summed E-state index contributed by atoms with van der Waals surface area (Å²) in [5.74, 6) is 0. The number of hydrogen-bond donors (Lipinski definition) is 0. The summed E-state index contributed by atoms with van der Waals surface area (Å²) >= 11 is 0. The summed E-state index contributed by atoms with van der Waals surface area (Å²) in [5, 5.41) is 0. The topological polar surface area (TPSA) is 3.88 Å². The van der Waals surface area contributed by atoms with Crippen molar-refractivity contribution in [2.45, 2.75) is 40.2 Å². The number of hydrogen-bond acceptors (Lipinski definition) is 0. The summed E-state index contributed by atoms with van der Waals surface area (Å²) in [6.45, 7) is 11.5. The number of aromatic nitrogens is 1. The Hall–Kier alpha value is -1.11. The second-order valence-electron chi connectivity index (χ2n) is 5.51. The molecule has 1 aromatic rings. The van der Waals surface area contributed by atoms with Crippen molar-refractivity contribution in [3.63, 3.8) is 0 Å². The van der Waals surface area contributed by atoms with E-state index in [1.807, 2.05) is 0 Å². The largest absolute Gasteiger partial charge is 0.205 e. The van der Waals surface area contributed by atoms with E-state index in [1.54, 1.807) is 0 Å². The van der Waals surface area contributed by atoms with E-state index in [2.05, 4.69) is 69.7 Å². The van der Waals surface area contributed by atoms with E-state index < -0.39 is 0 Å². The molecule has 2 heterocycles. The second-order valence-corrected chi connectivity index (χ2v) is 5.51. The van der Waals surface area contributed by atoms with Gasteiger partial charge in [0.25, 0.3) is 0 Å². The van der Waals surface area contributed by atoms with E-state index in [1.165, 1.54) is 11.3 Å². The Bertz CT molecular complexity index is 425. The lowest BCUT2D eigenvalue weighted by Crippen LogP contribution is -2.63. The highest BCUT2D eigenvalue weighted by molar-refractivity contribution is 5.49. The lowest BCUT2D eigenvalue weighted by molar-refractivity contribution is -0.774. The van der Waals surface area contributed by atoms with Crippen molar-refractivity contribution < 1.29 is 4.57 Å². The third kappa shape index (κ3) is 1.26. The molecule has 0 spiro atoms. The molecule has 0 fully saturated rings. The van der Waals surface area contributed by atoms with Gasteiger partial charge in [-0.3, -0.25) is 0 Å². The maximum atomic E-state index is 2.38. The van der Waals surface area contributed by atoms with E-state index in [0.717, 1.165) is 0 Å². The highest BCUT2D eigenvalue weighted by Crippen LogP contribution is 2.42. The summed E-state index contributed by atoms with van der Waals surface area (Å²) in [6.07, 6.45) is 4.48. The normalized spacial score (nSPS) is 21.8. The van der Waals surface area contributed by atoms with Crippen LogP contribution in [-0.2, 0) is 5.54 Å². The summed E-state index contributed by atoms with van der Waals surface area (Å²) in [7, 11) is 0. The molecule has 0 N–H and O–H groups in total. The number of pyridine rings is 1. The number of allylic oxidation sites excluding steroid dienone is 1. The molecule has 15 heavy (non-hydrogen) atoms. The van der Waals surface area contributed by atoms with Gasteiger partial charge in [0.2, 0.25) is 5.69 Å². The van der Waals surface area contributed by atoms with E-state index >= 15 is 0 Å². The molecule has 0 unspecified atom stereocenters. The van der Waals surface area contributed by atoms with Gasteiger partial charge in [0, 0.05) is 32.1 Å².